The average Bonchev–Trinajstić information content (AvgIpc) is 3.37. The van der Waals surface area contributed by atoms with Crippen molar-refractivity contribution in [3.63, 3.8) is 0 Å². The largest absolute Gasteiger partial charge is 0.334 e. The molecule has 3 aliphatic rings. The number of rotatable bonds is 2. The molecule has 2 aliphatic heterocycles. The zero-order valence-electron chi connectivity index (χ0n) is 16.4. The monoisotopic (exact) mass is 382 g/mol. The van der Waals surface area contributed by atoms with E-state index in [1.165, 1.54) is 6.07 Å². The lowest BCUT2D eigenvalue weighted by Crippen LogP contribution is -2.40. The minimum absolute atomic E-state index is 0.0242. The number of amides is 1. The summed E-state index contributed by atoms with van der Waals surface area (Å²) in [6.45, 7) is 5.04. The first kappa shape index (κ1) is 17.9. The zero-order chi connectivity index (χ0) is 19.3. The van der Waals surface area contributed by atoms with Crippen LogP contribution in [-0.2, 0) is 12.8 Å². The van der Waals surface area contributed by atoms with Crippen LogP contribution in [0.5, 0.6) is 0 Å². The molecule has 5 rings (SSSR count). The van der Waals surface area contributed by atoms with Crippen LogP contribution in [-0.4, -0.2) is 46.3 Å². The van der Waals surface area contributed by atoms with Gasteiger partial charge in [0.15, 0.2) is 5.69 Å². The Morgan fingerprint density at radius 1 is 1.25 bits per heavy atom. The van der Waals surface area contributed by atoms with Crippen LogP contribution in [0.4, 0.5) is 4.39 Å². The molecular formula is C22H27FN4O. The summed E-state index contributed by atoms with van der Waals surface area (Å²) in [7, 11) is 0. The third-order valence-corrected chi connectivity index (χ3v) is 6.90. The van der Waals surface area contributed by atoms with Gasteiger partial charge in [-0.05, 0) is 76.1 Å². The maximum atomic E-state index is 14.4. The molecule has 0 bridgehead atoms. The van der Waals surface area contributed by atoms with Gasteiger partial charge in [-0.25, -0.2) is 9.07 Å². The molecule has 1 unspecified atom stereocenters. The molecule has 5 nitrogen and oxygen atoms in total. The molecule has 1 spiro atoms. The van der Waals surface area contributed by atoms with E-state index in [-0.39, 0.29) is 23.2 Å². The second-order valence-electron chi connectivity index (χ2n) is 8.73. The number of carbonyl (C=O) groups excluding carboxylic acids is 1. The van der Waals surface area contributed by atoms with Crippen molar-refractivity contribution >= 4 is 5.91 Å². The number of halogens is 1. The lowest BCUT2D eigenvalue weighted by atomic mass is 9.77. The van der Waals surface area contributed by atoms with Crippen LogP contribution in [0.15, 0.2) is 24.3 Å². The molecule has 2 fully saturated rings. The van der Waals surface area contributed by atoms with Gasteiger partial charge in [0.25, 0.3) is 5.91 Å². The Hall–Kier alpha value is -2.21. The van der Waals surface area contributed by atoms with E-state index < -0.39 is 0 Å². The fourth-order valence-corrected chi connectivity index (χ4v) is 5.48. The van der Waals surface area contributed by atoms with Crippen molar-refractivity contribution in [1.82, 2.24) is 20.0 Å². The highest BCUT2D eigenvalue weighted by Gasteiger charge is 2.45. The molecule has 1 amide bonds. The van der Waals surface area contributed by atoms with E-state index in [2.05, 4.69) is 17.3 Å². The van der Waals surface area contributed by atoms with Crippen LogP contribution in [0.3, 0.4) is 0 Å². The van der Waals surface area contributed by atoms with Gasteiger partial charge in [0.05, 0.1) is 0 Å². The van der Waals surface area contributed by atoms with Crippen LogP contribution >= 0.6 is 0 Å². The number of aromatic nitrogens is 2. The molecule has 1 atom stereocenters. The minimum atomic E-state index is -0.304. The first-order valence-corrected chi connectivity index (χ1v) is 10.5. The second-order valence-corrected chi connectivity index (χ2v) is 8.73. The van der Waals surface area contributed by atoms with Gasteiger partial charge in [0.2, 0.25) is 0 Å². The Morgan fingerprint density at radius 3 is 2.82 bits per heavy atom. The first-order valence-electron chi connectivity index (χ1n) is 10.5. The molecule has 2 saturated heterocycles. The van der Waals surface area contributed by atoms with Gasteiger partial charge >= 0.3 is 0 Å². The van der Waals surface area contributed by atoms with Crippen molar-refractivity contribution in [3.8, 4) is 5.69 Å². The quantitative estimate of drug-likeness (QED) is 0.868. The summed E-state index contributed by atoms with van der Waals surface area (Å²) in [4.78, 5) is 15.5. The first-order chi connectivity index (χ1) is 13.6. The van der Waals surface area contributed by atoms with Gasteiger partial charge in [-0.1, -0.05) is 12.1 Å². The third-order valence-electron chi connectivity index (χ3n) is 6.90. The van der Waals surface area contributed by atoms with Gasteiger partial charge in [0.1, 0.15) is 11.5 Å². The van der Waals surface area contributed by atoms with Gasteiger partial charge in [-0.3, -0.25) is 4.79 Å². The van der Waals surface area contributed by atoms with Crippen LogP contribution in [0.25, 0.3) is 5.69 Å². The van der Waals surface area contributed by atoms with E-state index >= 15 is 0 Å². The Morgan fingerprint density at radius 2 is 2.04 bits per heavy atom. The number of carbonyl (C=O) groups is 1. The number of hydrogen-bond donors (Lipinski definition) is 1. The van der Waals surface area contributed by atoms with E-state index in [1.54, 1.807) is 16.8 Å². The smallest absolute Gasteiger partial charge is 0.274 e. The molecule has 1 aromatic heterocycles. The fourth-order valence-electron chi connectivity index (χ4n) is 5.48. The summed E-state index contributed by atoms with van der Waals surface area (Å²) < 4.78 is 16.1. The summed E-state index contributed by atoms with van der Waals surface area (Å²) in [5, 5.41) is 8.08. The maximum absolute atomic E-state index is 14.4. The number of benzene rings is 1. The number of fused-ring (bicyclic) bond motifs is 1. The Kier molecular flexibility index (Phi) is 4.27. The van der Waals surface area contributed by atoms with Crippen LogP contribution in [0.2, 0.25) is 0 Å². The summed E-state index contributed by atoms with van der Waals surface area (Å²) in [5.41, 5.74) is 3.23. The number of para-hydroxylation sites is 1. The van der Waals surface area contributed by atoms with E-state index in [1.807, 2.05) is 11.0 Å². The fraction of sp³-hybridized carbons (Fsp3) is 0.545. The third kappa shape index (κ3) is 2.77. The van der Waals surface area contributed by atoms with Gasteiger partial charge in [-0.15, -0.1) is 0 Å². The van der Waals surface area contributed by atoms with Crippen LogP contribution < -0.4 is 5.32 Å². The second kappa shape index (κ2) is 6.69. The predicted octanol–water partition coefficient (Wildman–Crippen LogP) is 3.10. The molecule has 1 N–H and O–H groups in total. The van der Waals surface area contributed by atoms with E-state index in [4.69, 9.17) is 0 Å². The highest BCUT2D eigenvalue weighted by atomic mass is 19.1. The standard InChI is InChI=1S/C22H27FN4O/c1-15-13-22(9-11-24-12-10-22)14-26(15)21(28)20-16-5-4-8-18(16)27(25-20)19-7-3-2-6-17(19)23/h2-3,6-7,15,24H,4-5,8-14H2,1H3. The number of hydrogen-bond acceptors (Lipinski definition) is 3. The average molecular weight is 382 g/mol. The lowest BCUT2D eigenvalue weighted by Gasteiger charge is -2.33. The molecule has 0 radical (unpaired) electrons. The van der Waals surface area contributed by atoms with Gasteiger partial charge in [-0.2, -0.15) is 5.10 Å². The van der Waals surface area contributed by atoms with Crippen molar-refractivity contribution in [2.75, 3.05) is 19.6 Å². The Bertz CT molecular complexity index is 915. The minimum Gasteiger partial charge on any atom is -0.334 e. The molecule has 28 heavy (non-hydrogen) atoms. The van der Waals surface area contributed by atoms with Gasteiger partial charge in [0, 0.05) is 23.8 Å². The summed E-state index contributed by atoms with van der Waals surface area (Å²) in [6, 6.07) is 6.90. The molecule has 148 valence electrons. The molecular weight excluding hydrogens is 355 g/mol. The maximum Gasteiger partial charge on any atom is 0.274 e. The van der Waals surface area contributed by atoms with E-state index in [0.29, 0.717) is 11.4 Å². The van der Waals surface area contributed by atoms with Crippen molar-refractivity contribution in [2.24, 2.45) is 5.41 Å². The normalized spacial score (nSPS) is 23.4. The van der Waals surface area contributed by atoms with Crippen LogP contribution in [0.1, 0.15) is 54.4 Å². The topological polar surface area (TPSA) is 50.2 Å². The van der Waals surface area contributed by atoms with Crippen molar-refractivity contribution in [3.05, 3.63) is 47.0 Å². The number of nitrogens with one attached hydrogen (secondary N) is 1. The van der Waals surface area contributed by atoms with E-state index in [0.717, 1.165) is 69.4 Å². The molecule has 3 heterocycles. The lowest BCUT2D eigenvalue weighted by molar-refractivity contribution is 0.0716. The summed E-state index contributed by atoms with van der Waals surface area (Å²) >= 11 is 0. The Balaban J connectivity index is 1.49. The van der Waals surface area contributed by atoms with Gasteiger partial charge < -0.3 is 10.2 Å². The highest BCUT2D eigenvalue weighted by Crippen LogP contribution is 2.42. The number of piperidine rings is 1. The molecule has 2 aromatic rings. The van der Waals surface area contributed by atoms with Crippen LogP contribution in [0, 0.1) is 11.2 Å². The number of likely N-dealkylation sites (tertiary alicyclic amines) is 1. The Labute approximate surface area is 164 Å². The molecule has 1 aromatic carbocycles. The van der Waals surface area contributed by atoms with Crippen molar-refractivity contribution in [2.45, 2.75) is 51.5 Å². The molecule has 6 heteroatoms. The highest BCUT2D eigenvalue weighted by molar-refractivity contribution is 5.94. The number of nitrogens with zero attached hydrogens (tertiary/aromatic N) is 3. The molecule has 0 saturated carbocycles. The van der Waals surface area contributed by atoms with Crippen molar-refractivity contribution in [1.29, 1.82) is 0 Å². The van der Waals surface area contributed by atoms with E-state index in [9.17, 15) is 9.18 Å². The summed E-state index contributed by atoms with van der Waals surface area (Å²) in [5.74, 6) is -0.280. The summed E-state index contributed by atoms with van der Waals surface area (Å²) in [6.07, 6.45) is 6.01. The predicted molar refractivity (Wildman–Crippen MR) is 105 cm³/mol. The zero-order valence-corrected chi connectivity index (χ0v) is 16.4. The molecule has 1 aliphatic carbocycles. The SMILES string of the molecule is CC1CC2(CCNCC2)CN1C(=O)c1nn(-c2ccccc2F)c2c1CCC2. The van der Waals surface area contributed by atoms with Crippen molar-refractivity contribution < 1.29 is 9.18 Å².